The minimum Gasteiger partial charge on any atom is -0.310 e. The molecule has 2 heteroatoms. The van der Waals surface area contributed by atoms with Gasteiger partial charge >= 0.3 is 0 Å². The van der Waals surface area contributed by atoms with Crippen molar-refractivity contribution in [3.63, 3.8) is 0 Å². The number of hydrogen-bond donors (Lipinski definition) is 1. The van der Waals surface area contributed by atoms with E-state index in [0.29, 0.717) is 0 Å². The zero-order chi connectivity index (χ0) is 11.8. The van der Waals surface area contributed by atoms with Crippen molar-refractivity contribution in [2.45, 2.75) is 32.2 Å². The molecule has 0 radical (unpaired) electrons. The third-order valence-corrected chi connectivity index (χ3v) is 3.46. The molecule has 1 fully saturated rings. The first kappa shape index (κ1) is 11.3. The van der Waals surface area contributed by atoms with Gasteiger partial charge in [0.25, 0.3) is 0 Å². The maximum Gasteiger partial charge on any atom is 0.165 e. The largest absolute Gasteiger partial charge is 0.310 e. The third kappa shape index (κ3) is 1.78. The van der Waals surface area contributed by atoms with E-state index < -0.39 is 0 Å². The number of ketones is 1. The van der Waals surface area contributed by atoms with Crippen LogP contribution in [-0.2, 0) is 5.54 Å². The molecule has 16 heavy (non-hydrogen) atoms. The molecule has 0 atom stereocenters. The van der Waals surface area contributed by atoms with E-state index in [1.54, 1.807) is 0 Å². The third-order valence-electron chi connectivity index (χ3n) is 3.46. The van der Waals surface area contributed by atoms with Gasteiger partial charge in [0.1, 0.15) is 0 Å². The molecule has 0 unspecified atom stereocenters. The molecule has 1 aromatic rings. The van der Waals surface area contributed by atoms with Crippen LogP contribution < -0.4 is 5.32 Å². The Kier molecular flexibility index (Phi) is 2.85. The van der Waals surface area contributed by atoms with Gasteiger partial charge in [0.2, 0.25) is 0 Å². The standard InChI is InChI=1S/C14H19NO/c1-10(2)13(16)11-6-4-5-7-12(11)14(15-3)8-9-14/h4-7,10,15H,8-9H2,1-3H3. The molecule has 2 nitrogen and oxygen atoms in total. The van der Waals surface area contributed by atoms with Crippen molar-refractivity contribution in [1.82, 2.24) is 5.32 Å². The quantitative estimate of drug-likeness (QED) is 0.786. The summed E-state index contributed by atoms with van der Waals surface area (Å²) in [7, 11) is 1.98. The van der Waals surface area contributed by atoms with Gasteiger partial charge in [-0.2, -0.15) is 0 Å². The highest BCUT2D eigenvalue weighted by Crippen LogP contribution is 2.46. The van der Waals surface area contributed by atoms with Gasteiger partial charge in [-0.15, -0.1) is 0 Å². The molecule has 86 valence electrons. The second kappa shape index (κ2) is 4.02. The molecule has 2 rings (SSSR count). The number of carbonyl (C=O) groups is 1. The van der Waals surface area contributed by atoms with Crippen molar-refractivity contribution in [1.29, 1.82) is 0 Å². The number of carbonyl (C=O) groups excluding carboxylic acids is 1. The second-order valence-electron chi connectivity index (χ2n) is 4.90. The van der Waals surface area contributed by atoms with Gasteiger partial charge < -0.3 is 5.32 Å². The van der Waals surface area contributed by atoms with Crippen molar-refractivity contribution in [3.8, 4) is 0 Å². The molecule has 1 saturated carbocycles. The second-order valence-corrected chi connectivity index (χ2v) is 4.90. The summed E-state index contributed by atoms with van der Waals surface area (Å²) < 4.78 is 0. The molecule has 0 amide bonds. The van der Waals surface area contributed by atoms with Crippen LogP contribution in [0.4, 0.5) is 0 Å². The monoisotopic (exact) mass is 217 g/mol. The van der Waals surface area contributed by atoms with Gasteiger partial charge in [-0.05, 0) is 25.5 Å². The van der Waals surface area contributed by atoms with Crippen LogP contribution >= 0.6 is 0 Å². The predicted molar refractivity (Wildman–Crippen MR) is 65.6 cm³/mol. The van der Waals surface area contributed by atoms with E-state index in [9.17, 15) is 4.79 Å². The van der Waals surface area contributed by atoms with E-state index in [-0.39, 0.29) is 17.2 Å². The molecular weight excluding hydrogens is 198 g/mol. The van der Waals surface area contributed by atoms with Crippen LogP contribution in [-0.4, -0.2) is 12.8 Å². The molecule has 1 aromatic carbocycles. The van der Waals surface area contributed by atoms with Crippen LogP contribution in [0.2, 0.25) is 0 Å². The van der Waals surface area contributed by atoms with E-state index in [1.807, 2.05) is 39.1 Å². The fraction of sp³-hybridized carbons (Fsp3) is 0.500. The van der Waals surface area contributed by atoms with Crippen LogP contribution in [0, 0.1) is 5.92 Å². The van der Waals surface area contributed by atoms with Gasteiger partial charge in [0, 0.05) is 17.0 Å². The predicted octanol–water partition coefficient (Wildman–Crippen LogP) is 2.73. The van der Waals surface area contributed by atoms with Gasteiger partial charge in [-0.3, -0.25) is 4.79 Å². The topological polar surface area (TPSA) is 29.1 Å². The SMILES string of the molecule is CNC1(c2ccccc2C(=O)C(C)C)CC1. The van der Waals surface area contributed by atoms with Crippen molar-refractivity contribution in [2.75, 3.05) is 7.05 Å². The lowest BCUT2D eigenvalue weighted by Crippen LogP contribution is -2.27. The van der Waals surface area contributed by atoms with Crippen molar-refractivity contribution in [2.24, 2.45) is 5.92 Å². The highest BCUT2D eigenvalue weighted by Gasteiger charge is 2.44. The molecule has 0 saturated heterocycles. The van der Waals surface area contributed by atoms with Gasteiger partial charge in [-0.25, -0.2) is 0 Å². The Balaban J connectivity index is 2.43. The summed E-state index contributed by atoms with van der Waals surface area (Å²) in [6.07, 6.45) is 2.26. The molecule has 0 heterocycles. The van der Waals surface area contributed by atoms with Crippen molar-refractivity contribution < 1.29 is 4.79 Å². The van der Waals surface area contributed by atoms with E-state index >= 15 is 0 Å². The Bertz CT molecular complexity index is 405. The van der Waals surface area contributed by atoms with E-state index in [1.165, 1.54) is 5.56 Å². The maximum atomic E-state index is 12.1. The van der Waals surface area contributed by atoms with Crippen LogP contribution in [0.5, 0.6) is 0 Å². The summed E-state index contributed by atoms with van der Waals surface area (Å²) in [4.78, 5) is 12.1. The van der Waals surface area contributed by atoms with Crippen LogP contribution in [0.15, 0.2) is 24.3 Å². The Labute approximate surface area is 97.1 Å². The maximum absolute atomic E-state index is 12.1. The Morgan fingerprint density at radius 2 is 1.94 bits per heavy atom. The zero-order valence-corrected chi connectivity index (χ0v) is 10.2. The first-order valence-electron chi connectivity index (χ1n) is 5.93. The van der Waals surface area contributed by atoms with Crippen molar-refractivity contribution in [3.05, 3.63) is 35.4 Å². The molecule has 0 aromatic heterocycles. The fourth-order valence-electron chi connectivity index (χ4n) is 2.21. The lowest BCUT2D eigenvalue weighted by Gasteiger charge is -2.19. The average molecular weight is 217 g/mol. The fourth-order valence-corrected chi connectivity index (χ4v) is 2.21. The van der Waals surface area contributed by atoms with Crippen molar-refractivity contribution >= 4 is 5.78 Å². The van der Waals surface area contributed by atoms with Crippen LogP contribution in [0.3, 0.4) is 0 Å². The molecule has 0 aliphatic heterocycles. The minimum absolute atomic E-state index is 0.0637. The molecular formula is C14H19NO. The first-order chi connectivity index (χ1) is 7.60. The van der Waals surface area contributed by atoms with E-state index in [4.69, 9.17) is 0 Å². The number of hydrogen-bond acceptors (Lipinski definition) is 2. The molecule has 1 aliphatic carbocycles. The van der Waals surface area contributed by atoms with E-state index in [0.717, 1.165) is 18.4 Å². The average Bonchev–Trinajstić information content (AvgIpc) is 3.09. The summed E-state index contributed by atoms with van der Waals surface area (Å²) >= 11 is 0. The number of nitrogens with one attached hydrogen (secondary N) is 1. The summed E-state index contributed by atoms with van der Waals surface area (Å²) in [5, 5.41) is 3.35. The van der Waals surface area contributed by atoms with Crippen LogP contribution in [0.1, 0.15) is 42.6 Å². The lowest BCUT2D eigenvalue weighted by molar-refractivity contribution is 0.0937. The molecule has 0 spiro atoms. The zero-order valence-electron chi connectivity index (χ0n) is 10.2. The summed E-state index contributed by atoms with van der Waals surface area (Å²) in [5.41, 5.74) is 2.14. The molecule has 1 aliphatic rings. The molecule has 0 bridgehead atoms. The minimum atomic E-state index is 0.0637. The number of rotatable bonds is 4. The van der Waals surface area contributed by atoms with Gasteiger partial charge in [-0.1, -0.05) is 38.1 Å². The lowest BCUT2D eigenvalue weighted by atomic mass is 9.91. The Morgan fingerprint density at radius 3 is 2.44 bits per heavy atom. The van der Waals surface area contributed by atoms with Crippen LogP contribution in [0.25, 0.3) is 0 Å². The normalized spacial score (nSPS) is 17.5. The van der Waals surface area contributed by atoms with E-state index in [2.05, 4.69) is 11.4 Å². The van der Waals surface area contributed by atoms with Gasteiger partial charge in [0.15, 0.2) is 5.78 Å². The summed E-state index contributed by atoms with van der Waals surface area (Å²) in [5.74, 6) is 0.311. The summed E-state index contributed by atoms with van der Waals surface area (Å²) in [6, 6.07) is 8.00. The highest BCUT2D eigenvalue weighted by molar-refractivity contribution is 5.99. The first-order valence-corrected chi connectivity index (χ1v) is 5.93. The highest BCUT2D eigenvalue weighted by atomic mass is 16.1. The Morgan fingerprint density at radius 1 is 1.31 bits per heavy atom. The molecule has 1 N–H and O–H groups in total. The van der Waals surface area contributed by atoms with Gasteiger partial charge in [0.05, 0.1) is 0 Å². The number of Topliss-reactive ketones (excluding diaryl/α,β-unsaturated/α-hetero) is 1. The Hall–Kier alpha value is -1.15. The summed E-state index contributed by atoms with van der Waals surface area (Å²) in [6.45, 7) is 3.91. The smallest absolute Gasteiger partial charge is 0.165 e. The number of benzene rings is 1.